The topological polar surface area (TPSA) is 136 Å². The average molecular weight is 421 g/mol. The Morgan fingerprint density at radius 3 is 1.94 bits per heavy atom. The van der Waals surface area contributed by atoms with Crippen LogP contribution in [0.5, 0.6) is 0 Å². The second-order valence-corrected chi connectivity index (χ2v) is 7.15. The van der Waals surface area contributed by atoms with Gasteiger partial charge in [-0.1, -0.05) is 24.0 Å². The first-order valence-corrected chi connectivity index (χ1v) is 10.0. The lowest BCUT2D eigenvalue weighted by atomic mass is 10.0. The van der Waals surface area contributed by atoms with Crippen molar-refractivity contribution in [2.45, 2.75) is 31.8 Å². The summed E-state index contributed by atoms with van der Waals surface area (Å²) in [5, 5.41) is 11.6. The fourth-order valence-electron chi connectivity index (χ4n) is 2.82. The third kappa shape index (κ3) is 7.15. The van der Waals surface area contributed by atoms with Crippen LogP contribution in [0.4, 0.5) is 0 Å². The second-order valence-electron chi connectivity index (χ2n) is 7.15. The van der Waals surface area contributed by atoms with E-state index < -0.39 is 30.4 Å². The molecule has 7 nitrogen and oxygen atoms in total. The molecule has 0 heterocycles. The van der Waals surface area contributed by atoms with E-state index in [1.165, 1.54) is 0 Å². The predicted molar refractivity (Wildman–Crippen MR) is 118 cm³/mol. The molecule has 0 aromatic heterocycles. The van der Waals surface area contributed by atoms with Crippen molar-refractivity contribution in [2.24, 2.45) is 11.5 Å². The molecule has 0 saturated heterocycles. The molecule has 0 unspecified atom stereocenters. The maximum Gasteiger partial charge on any atom is 0.251 e. The maximum absolute atomic E-state index is 12.4. The molecule has 1 amide bonds. The Morgan fingerprint density at radius 2 is 1.48 bits per heavy atom. The zero-order valence-corrected chi connectivity index (χ0v) is 17.4. The largest absolute Gasteiger partial charge is 0.388 e. The molecule has 2 atom stereocenters. The number of ketones is 2. The Morgan fingerprint density at radius 1 is 0.968 bits per heavy atom. The Kier molecular flexibility index (Phi) is 9.10. The lowest BCUT2D eigenvalue weighted by Gasteiger charge is -2.20. The first-order chi connectivity index (χ1) is 14.8. The molecule has 0 fully saturated rings. The Balaban J connectivity index is 2.03. The van der Waals surface area contributed by atoms with Crippen molar-refractivity contribution in [1.29, 1.82) is 0 Å². The van der Waals surface area contributed by atoms with Crippen LogP contribution >= 0.6 is 0 Å². The number of aliphatic hydroxyl groups is 1. The van der Waals surface area contributed by atoms with Crippen LogP contribution in [-0.2, 0) is 4.79 Å². The van der Waals surface area contributed by atoms with Gasteiger partial charge in [-0.25, -0.2) is 0 Å². The highest BCUT2D eigenvalue weighted by Gasteiger charge is 2.24. The van der Waals surface area contributed by atoms with E-state index in [0.717, 1.165) is 5.56 Å². The van der Waals surface area contributed by atoms with Gasteiger partial charge in [0.2, 0.25) is 0 Å². The van der Waals surface area contributed by atoms with Crippen molar-refractivity contribution >= 4 is 17.5 Å². The van der Waals surface area contributed by atoms with Crippen molar-refractivity contribution in [2.75, 3.05) is 13.2 Å². The van der Waals surface area contributed by atoms with E-state index in [-0.39, 0.29) is 5.78 Å². The number of carbonyl (C=O) groups excluding carboxylic acids is 3. The van der Waals surface area contributed by atoms with E-state index in [0.29, 0.717) is 36.1 Å². The van der Waals surface area contributed by atoms with Gasteiger partial charge in [0.15, 0.2) is 11.6 Å². The highest BCUT2D eigenvalue weighted by atomic mass is 16.3. The number of nitrogens with two attached hydrogens (primary N) is 2. The molecule has 0 aliphatic carbocycles. The molecule has 0 bridgehead atoms. The van der Waals surface area contributed by atoms with E-state index in [9.17, 15) is 14.4 Å². The monoisotopic (exact) mass is 421 g/mol. The number of carbonyl (C=O) groups is 3. The number of aliphatic hydroxyl groups excluding tert-OH is 1. The first-order valence-electron chi connectivity index (χ1n) is 10.0. The van der Waals surface area contributed by atoms with Crippen LogP contribution in [0.1, 0.15) is 51.6 Å². The van der Waals surface area contributed by atoms with E-state index in [1.807, 2.05) is 0 Å². The molecule has 2 aromatic carbocycles. The summed E-state index contributed by atoms with van der Waals surface area (Å²) in [6.07, 6.45) is 1.10. The zero-order valence-electron chi connectivity index (χ0n) is 17.4. The van der Waals surface area contributed by atoms with Crippen LogP contribution in [0.2, 0.25) is 0 Å². The molecular formula is C24H27N3O4. The molecule has 7 heteroatoms. The van der Waals surface area contributed by atoms with Gasteiger partial charge >= 0.3 is 0 Å². The Hall–Kier alpha value is -3.31. The van der Waals surface area contributed by atoms with Gasteiger partial charge < -0.3 is 21.9 Å². The summed E-state index contributed by atoms with van der Waals surface area (Å²) in [6.45, 7) is 1.38. The minimum absolute atomic E-state index is 0.0609. The SMILES string of the molecule is C[C@@H](N)[C@H](NC(=O)c1ccc(C#Cc2ccc(C(=O)CCCN)cc2)cc1)C(=O)CO. The lowest BCUT2D eigenvalue weighted by Crippen LogP contribution is -2.52. The third-order valence-electron chi connectivity index (χ3n) is 4.63. The number of amides is 1. The second kappa shape index (κ2) is 11.8. The zero-order chi connectivity index (χ0) is 22.8. The fraction of sp³-hybridized carbons (Fsp3) is 0.292. The highest BCUT2D eigenvalue weighted by molar-refractivity contribution is 5.98. The summed E-state index contributed by atoms with van der Waals surface area (Å²) in [4.78, 5) is 36.0. The highest BCUT2D eigenvalue weighted by Crippen LogP contribution is 2.09. The summed E-state index contributed by atoms with van der Waals surface area (Å²) >= 11 is 0. The minimum atomic E-state index is -0.956. The van der Waals surface area contributed by atoms with Gasteiger partial charge in [0, 0.05) is 34.7 Å². The summed E-state index contributed by atoms with van der Waals surface area (Å²) in [7, 11) is 0. The number of nitrogens with one attached hydrogen (secondary N) is 1. The molecule has 162 valence electrons. The standard InChI is InChI=1S/C24H27N3O4/c1-16(26)23(22(30)15-28)27-24(31)20-12-8-18(9-13-20)5-4-17-6-10-19(11-7-17)21(29)3-2-14-25/h6-13,16,23,28H,2-3,14-15,25-26H2,1H3,(H,27,31)/t16-,23+/m1/s1. The van der Waals surface area contributed by atoms with Crippen LogP contribution in [0.25, 0.3) is 0 Å². The van der Waals surface area contributed by atoms with Crippen LogP contribution < -0.4 is 16.8 Å². The van der Waals surface area contributed by atoms with Crippen molar-refractivity contribution in [1.82, 2.24) is 5.32 Å². The number of Topliss-reactive ketones (excluding diaryl/α,β-unsaturated/α-hetero) is 2. The molecule has 0 saturated carbocycles. The van der Waals surface area contributed by atoms with Crippen LogP contribution in [0, 0.1) is 11.8 Å². The number of hydrogen-bond acceptors (Lipinski definition) is 6. The Labute approximate surface area is 181 Å². The quantitative estimate of drug-likeness (QED) is 0.353. The molecule has 2 aromatic rings. The first kappa shape index (κ1) is 24.0. The molecule has 0 radical (unpaired) electrons. The molecule has 2 rings (SSSR count). The molecule has 31 heavy (non-hydrogen) atoms. The summed E-state index contributed by atoms with van der Waals surface area (Å²) in [6, 6.07) is 12.1. The van der Waals surface area contributed by atoms with Crippen molar-refractivity contribution in [3.63, 3.8) is 0 Å². The number of rotatable bonds is 9. The molecule has 0 spiro atoms. The van der Waals surface area contributed by atoms with E-state index in [4.69, 9.17) is 16.6 Å². The van der Waals surface area contributed by atoms with Gasteiger partial charge in [0.1, 0.15) is 12.6 Å². The van der Waals surface area contributed by atoms with E-state index >= 15 is 0 Å². The van der Waals surface area contributed by atoms with Crippen LogP contribution in [0.3, 0.4) is 0 Å². The van der Waals surface area contributed by atoms with Gasteiger partial charge in [0.25, 0.3) is 5.91 Å². The predicted octanol–water partition coefficient (Wildman–Crippen LogP) is 1.02. The fourth-order valence-corrected chi connectivity index (χ4v) is 2.82. The molecule has 0 aliphatic heterocycles. The number of hydrogen-bond donors (Lipinski definition) is 4. The third-order valence-corrected chi connectivity index (χ3v) is 4.63. The van der Waals surface area contributed by atoms with Crippen molar-refractivity contribution in [3.05, 3.63) is 70.8 Å². The van der Waals surface area contributed by atoms with Crippen LogP contribution in [0.15, 0.2) is 48.5 Å². The van der Waals surface area contributed by atoms with Crippen LogP contribution in [-0.4, -0.2) is 47.8 Å². The molecular weight excluding hydrogens is 394 g/mol. The van der Waals surface area contributed by atoms with Crippen molar-refractivity contribution in [3.8, 4) is 11.8 Å². The lowest BCUT2D eigenvalue weighted by molar-refractivity contribution is -0.123. The Bertz CT molecular complexity index is 971. The van der Waals surface area contributed by atoms with Gasteiger partial charge in [-0.05, 0) is 56.3 Å². The van der Waals surface area contributed by atoms with Gasteiger partial charge in [0.05, 0.1) is 0 Å². The summed E-state index contributed by atoms with van der Waals surface area (Å²) in [5.41, 5.74) is 13.6. The maximum atomic E-state index is 12.4. The van der Waals surface area contributed by atoms with Gasteiger partial charge in [-0.3, -0.25) is 14.4 Å². The van der Waals surface area contributed by atoms with E-state index in [1.54, 1.807) is 55.5 Å². The summed E-state index contributed by atoms with van der Waals surface area (Å²) < 4.78 is 0. The van der Waals surface area contributed by atoms with Gasteiger partial charge in [-0.15, -0.1) is 0 Å². The minimum Gasteiger partial charge on any atom is -0.388 e. The summed E-state index contributed by atoms with van der Waals surface area (Å²) in [5.74, 6) is 5.08. The average Bonchev–Trinajstić information content (AvgIpc) is 2.79. The van der Waals surface area contributed by atoms with E-state index in [2.05, 4.69) is 17.2 Å². The number of benzene rings is 2. The normalized spacial score (nSPS) is 12.3. The smallest absolute Gasteiger partial charge is 0.251 e. The van der Waals surface area contributed by atoms with Crippen molar-refractivity contribution < 1.29 is 19.5 Å². The molecule has 6 N–H and O–H groups in total. The molecule has 0 aliphatic rings. The van der Waals surface area contributed by atoms with Gasteiger partial charge in [-0.2, -0.15) is 0 Å².